The fraction of sp³-hybridized carbons (Fsp3) is 0.727. The Balaban J connectivity index is 2.43. The van der Waals surface area contributed by atoms with Crippen LogP contribution in [0.5, 0.6) is 0 Å². The van der Waals surface area contributed by atoms with Crippen molar-refractivity contribution in [1.29, 1.82) is 0 Å². The minimum Gasteiger partial charge on any atom is -0.481 e. The van der Waals surface area contributed by atoms with Crippen molar-refractivity contribution in [2.75, 3.05) is 13.2 Å². The summed E-state index contributed by atoms with van der Waals surface area (Å²) in [6.45, 7) is 3.00. The lowest BCUT2D eigenvalue weighted by Gasteiger charge is -2.21. The van der Waals surface area contributed by atoms with Gasteiger partial charge in [-0.2, -0.15) is 0 Å². The highest BCUT2D eigenvalue weighted by molar-refractivity contribution is 5.86. The Morgan fingerprint density at radius 2 is 2.00 bits per heavy atom. The molecular formula is C11H18N2O6. The van der Waals surface area contributed by atoms with Gasteiger partial charge in [0.05, 0.1) is 13.0 Å². The molecule has 3 atom stereocenters. The Morgan fingerprint density at radius 1 is 1.32 bits per heavy atom. The van der Waals surface area contributed by atoms with Gasteiger partial charge in [-0.05, 0) is 13.3 Å². The number of urea groups is 1. The van der Waals surface area contributed by atoms with E-state index in [1.54, 1.807) is 6.92 Å². The van der Waals surface area contributed by atoms with Gasteiger partial charge in [-0.15, -0.1) is 0 Å². The molecule has 1 heterocycles. The van der Waals surface area contributed by atoms with Gasteiger partial charge in [-0.3, -0.25) is 4.79 Å². The van der Waals surface area contributed by atoms with Crippen LogP contribution in [0.1, 0.15) is 19.8 Å². The first-order valence-electron chi connectivity index (χ1n) is 5.99. The predicted octanol–water partition coefficient (Wildman–Crippen LogP) is -0.361. The van der Waals surface area contributed by atoms with Crippen molar-refractivity contribution in [3.05, 3.63) is 0 Å². The summed E-state index contributed by atoms with van der Waals surface area (Å²) in [5.41, 5.74) is 0. The fourth-order valence-corrected chi connectivity index (χ4v) is 1.85. The zero-order valence-electron chi connectivity index (χ0n) is 10.6. The number of carbonyl (C=O) groups excluding carboxylic acids is 1. The van der Waals surface area contributed by atoms with Crippen LogP contribution in [0.15, 0.2) is 0 Å². The number of aliphatic carboxylic acids is 2. The van der Waals surface area contributed by atoms with Gasteiger partial charge < -0.3 is 25.6 Å². The largest absolute Gasteiger partial charge is 0.481 e. The van der Waals surface area contributed by atoms with Crippen LogP contribution >= 0.6 is 0 Å². The summed E-state index contributed by atoms with van der Waals surface area (Å²) >= 11 is 0. The maximum Gasteiger partial charge on any atom is 0.326 e. The van der Waals surface area contributed by atoms with E-state index in [0.29, 0.717) is 13.2 Å². The minimum atomic E-state index is -1.44. The Labute approximate surface area is 110 Å². The maximum absolute atomic E-state index is 11.6. The van der Waals surface area contributed by atoms with Gasteiger partial charge in [0.2, 0.25) is 0 Å². The van der Waals surface area contributed by atoms with E-state index in [4.69, 9.17) is 14.9 Å². The van der Waals surface area contributed by atoms with Crippen molar-refractivity contribution in [1.82, 2.24) is 10.6 Å². The second-order valence-electron chi connectivity index (χ2n) is 4.52. The van der Waals surface area contributed by atoms with Crippen molar-refractivity contribution in [3.63, 3.8) is 0 Å². The van der Waals surface area contributed by atoms with Gasteiger partial charge >= 0.3 is 18.0 Å². The lowest BCUT2D eigenvalue weighted by molar-refractivity contribution is -0.145. The molecule has 0 radical (unpaired) electrons. The molecule has 19 heavy (non-hydrogen) atoms. The van der Waals surface area contributed by atoms with Crippen molar-refractivity contribution >= 4 is 18.0 Å². The summed E-state index contributed by atoms with van der Waals surface area (Å²) in [6, 6.07) is -2.29. The molecule has 1 aliphatic heterocycles. The summed E-state index contributed by atoms with van der Waals surface area (Å²) in [5.74, 6) is -2.48. The van der Waals surface area contributed by atoms with Crippen LogP contribution in [0.4, 0.5) is 4.79 Å². The molecule has 1 fully saturated rings. The SMILES string of the molecule is CC(NC(=O)N[C@H](CC(=O)O)C(=O)O)C1CCOC1. The van der Waals surface area contributed by atoms with Gasteiger partial charge in [0.15, 0.2) is 0 Å². The highest BCUT2D eigenvalue weighted by atomic mass is 16.5. The molecule has 0 aliphatic carbocycles. The van der Waals surface area contributed by atoms with Gasteiger partial charge in [0.1, 0.15) is 6.04 Å². The van der Waals surface area contributed by atoms with E-state index in [-0.39, 0.29) is 12.0 Å². The molecule has 0 aromatic carbocycles. The molecular weight excluding hydrogens is 256 g/mol. The molecule has 0 aromatic heterocycles. The Kier molecular flexibility index (Phi) is 5.56. The number of carboxylic acid groups (broad SMARTS) is 2. The average molecular weight is 274 g/mol. The van der Waals surface area contributed by atoms with Crippen LogP contribution in [-0.2, 0) is 14.3 Å². The van der Waals surface area contributed by atoms with Crippen LogP contribution < -0.4 is 10.6 Å². The van der Waals surface area contributed by atoms with Crippen LogP contribution in [0.25, 0.3) is 0 Å². The third kappa shape index (κ3) is 5.12. The second kappa shape index (κ2) is 6.93. The van der Waals surface area contributed by atoms with Gasteiger partial charge in [-0.25, -0.2) is 9.59 Å². The van der Waals surface area contributed by atoms with E-state index in [1.807, 2.05) is 0 Å². The summed E-state index contributed by atoms with van der Waals surface area (Å²) in [5, 5.41) is 22.1. The van der Waals surface area contributed by atoms with Crippen LogP contribution in [0.3, 0.4) is 0 Å². The van der Waals surface area contributed by atoms with E-state index < -0.39 is 30.4 Å². The molecule has 0 spiro atoms. The zero-order chi connectivity index (χ0) is 14.4. The lowest BCUT2D eigenvalue weighted by atomic mass is 10.0. The Morgan fingerprint density at radius 3 is 2.47 bits per heavy atom. The van der Waals surface area contributed by atoms with Gasteiger partial charge in [0, 0.05) is 18.6 Å². The molecule has 108 valence electrons. The number of rotatable bonds is 6. The van der Waals surface area contributed by atoms with Gasteiger partial charge in [-0.1, -0.05) is 0 Å². The standard InChI is InChI=1S/C11H18N2O6/c1-6(7-2-3-19-5-7)12-11(18)13-8(10(16)17)4-9(14)15/h6-8H,2-5H2,1H3,(H,14,15)(H,16,17)(H2,12,13,18)/t6?,7?,8-/m1/s1. The van der Waals surface area contributed by atoms with Crippen molar-refractivity contribution in [3.8, 4) is 0 Å². The molecule has 2 unspecified atom stereocenters. The van der Waals surface area contributed by atoms with Gasteiger partial charge in [0.25, 0.3) is 0 Å². The topological polar surface area (TPSA) is 125 Å². The predicted molar refractivity (Wildman–Crippen MR) is 63.7 cm³/mol. The molecule has 8 heteroatoms. The number of carboxylic acids is 2. The summed E-state index contributed by atoms with van der Waals surface area (Å²) in [7, 11) is 0. The fourth-order valence-electron chi connectivity index (χ4n) is 1.85. The van der Waals surface area contributed by atoms with E-state index in [0.717, 1.165) is 6.42 Å². The minimum absolute atomic E-state index is 0.165. The summed E-state index contributed by atoms with van der Waals surface area (Å²) < 4.78 is 5.19. The maximum atomic E-state index is 11.6. The van der Waals surface area contributed by atoms with Crippen LogP contribution in [0.2, 0.25) is 0 Å². The number of amides is 2. The molecule has 1 saturated heterocycles. The number of hydrogen-bond acceptors (Lipinski definition) is 4. The second-order valence-corrected chi connectivity index (χ2v) is 4.52. The summed E-state index contributed by atoms with van der Waals surface area (Å²) in [4.78, 5) is 32.8. The molecule has 1 aliphatic rings. The lowest BCUT2D eigenvalue weighted by Crippen LogP contribution is -2.50. The van der Waals surface area contributed by atoms with Crippen LogP contribution in [0, 0.1) is 5.92 Å². The average Bonchev–Trinajstić information content (AvgIpc) is 2.80. The van der Waals surface area contributed by atoms with E-state index >= 15 is 0 Å². The van der Waals surface area contributed by atoms with Crippen molar-refractivity contribution in [2.45, 2.75) is 31.8 Å². The van der Waals surface area contributed by atoms with Crippen molar-refractivity contribution < 1.29 is 29.3 Å². The first-order chi connectivity index (χ1) is 8.90. The Bertz CT molecular complexity index is 353. The first-order valence-corrected chi connectivity index (χ1v) is 5.99. The molecule has 8 nitrogen and oxygen atoms in total. The third-order valence-electron chi connectivity index (χ3n) is 3.01. The summed E-state index contributed by atoms with van der Waals surface area (Å²) in [6.07, 6.45) is 0.169. The Hall–Kier alpha value is -1.83. The van der Waals surface area contributed by atoms with Crippen LogP contribution in [-0.4, -0.2) is 53.5 Å². The third-order valence-corrected chi connectivity index (χ3v) is 3.01. The monoisotopic (exact) mass is 274 g/mol. The zero-order valence-corrected chi connectivity index (χ0v) is 10.6. The number of ether oxygens (including phenoxy) is 1. The van der Waals surface area contributed by atoms with E-state index in [1.165, 1.54) is 0 Å². The van der Waals surface area contributed by atoms with Crippen molar-refractivity contribution in [2.24, 2.45) is 5.92 Å². The molecule has 0 bridgehead atoms. The number of carbonyl (C=O) groups is 3. The number of hydrogen-bond donors (Lipinski definition) is 4. The molecule has 0 saturated carbocycles. The van der Waals surface area contributed by atoms with E-state index in [2.05, 4.69) is 10.6 Å². The molecule has 2 amide bonds. The molecule has 1 rings (SSSR count). The normalized spacial score (nSPS) is 21.4. The molecule has 0 aromatic rings. The number of nitrogens with one attached hydrogen (secondary N) is 2. The first kappa shape index (κ1) is 15.2. The highest BCUT2D eigenvalue weighted by Crippen LogP contribution is 2.16. The molecule has 4 N–H and O–H groups in total. The van der Waals surface area contributed by atoms with E-state index in [9.17, 15) is 14.4 Å². The smallest absolute Gasteiger partial charge is 0.326 e. The highest BCUT2D eigenvalue weighted by Gasteiger charge is 2.26. The quantitative estimate of drug-likeness (QED) is 0.524.